The molecule has 0 atom stereocenters. The number of thiol groups is 1. The molecule has 108 valence electrons. The number of nitrogens with two attached hydrogens (primary N) is 1. The summed E-state index contributed by atoms with van der Waals surface area (Å²) in [6.07, 6.45) is 1.45. The molecule has 0 saturated carbocycles. The van der Waals surface area contributed by atoms with E-state index in [1.54, 1.807) is 6.07 Å². The Morgan fingerprint density at radius 1 is 1.32 bits per heavy atom. The maximum absolute atomic E-state index is 11.0. The third kappa shape index (κ3) is 5.23. The number of nitro benzene ring substituents is 1. The molecular weight excluding hydrogens is 272 g/mol. The summed E-state index contributed by atoms with van der Waals surface area (Å²) in [4.78, 5) is 10.6. The van der Waals surface area contributed by atoms with Crippen LogP contribution in [0.5, 0.6) is 5.75 Å². The van der Waals surface area contributed by atoms with Gasteiger partial charge in [-0.05, 0) is 24.5 Å². The van der Waals surface area contributed by atoms with Crippen LogP contribution >= 0.6 is 0 Å². The number of aryl methyl sites for hydroxylation is 1. The summed E-state index contributed by atoms with van der Waals surface area (Å²) in [7, 11) is -1.17. The Bertz CT molecular complexity index is 506. The number of hydrogen-bond donors (Lipinski definition) is 2. The molecule has 0 saturated heterocycles. The Labute approximate surface area is 113 Å². The number of ether oxygens (including phenoxy) is 1. The summed E-state index contributed by atoms with van der Waals surface area (Å²) >= 11 is 0. The lowest BCUT2D eigenvalue weighted by molar-refractivity contribution is -0.386. The molecule has 0 fully saturated rings. The zero-order chi connectivity index (χ0) is 15.0. The molecular formula is C11H18N2O5S. The highest BCUT2D eigenvalue weighted by Gasteiger charge is 2.21. The molecule has 0 aliphatic carbocycles. The topological polar surface area (TPSA) is 113 Å². The molecule has 8 heteroatoms. The fraction of sp³-hybridized carbons (Fsp3) is 0.455. The molecule has 1 rings (SSSR count). The van der Waals surface area contributed by atoms with E-state index < -0.39 is 10.9 Å². The minimum atomic E-state index is -2.62. The Morgan fingerprint density at radius 2 is 1.84 bits per heavy atom. The van der Waals surface area contributed by atoms with E-state index in [1.165, 1.54) is 7.11 Å². The Balaban J connectivity index is 0.000000711. The normalized spacial score (nSPS) is 9.74. The number of nitrogens with zero attached hydrogens (tertiary/aromatic N) is 1. The van der Waals surface area contributed by atoms with Crippen molar-refractivity contribution >= 4 is 16.6 Å². The van der Waals surface area contributed by atoms with Crippen LogP contribution in [0.2, 0.25) is 0 Å². The molecule has 0 unspecified atom stereocenters. The first-order valence-corrected chi connectivity index (χ1v) is 6.85. The summed E-state index contributed by atoms with van der Waals surface area (Å²) < 4.78 is 22.6. The quantitative estimate of drug-likeness (QED) is 0.491. The molecule has 0 aliphatic rings. The lowest BCUT2D eigenvalue weighted by atomic mass is 10.0. The summed E-state index contributed by atoms with van der Waals surface area (Å²) in [5.74, 6) is 0.342. The van der Waals surface area contributed by atoms with E-state index in [2.05, 4.69) is 5.14 Å². The standard InChI is InChI=1S/C11H15NO3.H3NO2S/c1-4-8-6-7-10(15-3)11(12(13)14)9(8)5-2;1-4(2)3/h6-7H,4-5H2,1-3H3;4H,(H2,1,2,3). The minimum absolute atomic E-state index is 0.111. The van der Waals surface area contributed by atoms with Crippen LogP contribution in [0.1, 0.15) is 25.0 Å². The van der Waals surface area contributed by atoms with Gasteiger partial charge in [-0.2, -0.15) is 0 Å². The van der Waals surface area contributed by atoms with Crippen molar-refractivity contribution in [3.63, 3.8) is 0 Å². The lowest BCUT2D eigenvalue weighted by Crippen LogP contribution is -2.01. The number of methoxy groups -OCH3 is 1. The number of hydrogen-bond acceptors (Lipinski definition) is 5. The van der Waals surface area contributed by atoms with Crippen molar-refractivity contribution in [2.45, 2.75) is 26.7 Å². The van der Waals surface area contributed by atoms with Gasteiger partial charge in [0.25, 0.3) is 0 Å². The molecule has 0 aromatic heterocycles. The Morgan fingerprint density at radius 3 is 2.16 bits per heavy atom. The van der Waals surface area contributed by atoms with Gasteiger partial charge in [0, 0.05) is 5.56 Å². The Hall–Kier alpha value is -1.67. The zero-order valence-corrected chi connectivity index (χ0v) is 12.0. The number of rotatable bonds is 4. The van der Waals surface area contributed by atoms with Gasteiger partial charge < -0.3 is 4.74 Å². The van der Waals surface area contributed by atoms with Gasteiger partial charge in [-0.3, -0.25) is 10.1 Å². The fourth-order valence-electron chi connectivity index (χ4n) is 1.75. The zero-order valence-electron chi connectivity index (χ0n) is 11.1. The first-order chi connectivity index (χ1) is 8.88. The molecule has 2 N–H and O–H groups in total. The van der Waals surface area contributed by atoms with Crippen molar-refractivity contribution in [3.05, 3.63) is 33.4 Å². The van der Waals surface area contributed by atoms with Crippen molar-refractivity contribution in [1.29, 1.82) is 0 Å². The predicted molar refractivity (Wildman–Crippen MR) is 72.9 cm³/mol. The van der Waals surface area contributed by atoms with Crippen molar-refractivity contribution in [3.8, 4) is 5.75 Å². The third-order valence-corrected chi connectivity index (χ3v) is 2.48. The second-order valence-corrected chi connectivity index (χ2v) is 4.07. The van der Waals surface area contributed by atoms with Crippen molar-refractivity contribution < 1.29 is 18.1 Å². The van der Waals surface area contributed by atoms with Crippen LogP contribution < -0.4 is 9.88 Å². The first kappa shape index (κ1) is 17.3. The monoisotopic (exact) mass is 290 g/mol. The van der Waals surface area contributed by atoms with Crippen LogP contribution in [0.4, 0.5) is 5.69 Å². The van der Waals surface area contributed by atoms with Gasteiger partial charge in [0.05, 0.1) is 12.0 Å². The van der Waals surface area contributed by atoms with Crippen LogP contribution in [-0.2, 0) is 23.7 Å². The molecule has 7 nitrogen and oxygen atoms in total. The highest BCUT2D eigenvalue weighted by Crippen LogP contribution is 2.33. The van der Waals surface area contributed by atoms with Gasteiger partial charge in [0.2, 0.25) is 0 Å². The molecule has 0 aliphatic heterocycles. The van der Waals surface area contributed by atoms with Crippen LogP contribution in [0.15, 0.2) is 12.1 Å². The highest BCUT2D eigenvalue weighted by atomic mass is 32.2. The average Bonchev–Trinajstić information content (AvgIpc) is 2.35. The lowest BCUT2D eigenvalue weighted by Gasteiger charge is -2.09. The average molecular weight is 290 g/mol. The largest absolute Gasteiger partial charge is 0.490 e. The fourth-order valence-corrected chi connectivity index (χ4v) is 1.75. The van der Waals surface area contributed by atoms with E-state index in [0.29, 0.717) is 12.2 Å². The van der Waals surface area contributed by atoms with Gasteiger partial charge in [-0.15, -0.1) is 0 Å². The SMILES string of the molecule is CCc1ccc(OC)c([N+](=O)[O-])c1CC.N[SH](=O)=O. The van der Waals surface area contributed by atoms with Crippen molar-refractivity contribution in [1.82, 2.24) is 0 Å². The van der Waals surface area contributed by atoms with Crippen molar-refractivity contribution in [2.75, 3.05) is 7.11 Å². The molecule has 0 bridgehead atoms. The predicted octanol–water partition coefficient (Wildman–Crippen LogP) is 1.20. The molecule has 19 heavy (non-hydrogen) atoms. The maximum atomic E-state index is 11.0. The summed E-state index contributed by atoms with van der Waals surface area (Å²) in [6.45, 7) is 3.91. The first-order valence-electron chi connectivity index (χ1n) is 5.61. The molecule has 0 heterocycles. The van der Waals surface area contributed by atoms with Gasteiger partial charge in [0.15, 0.2) is 16.6 Å². The van der Waals surface area contributed by atoms with E-state index >= 15 is 0 Å². The third-order valence-electron chi connectivity index (χ3n) is 2.48. The van der Waals surface area contributed by atoms with Crippen LogP contribution in [-0.4, -0.2) is 20.5 Å². The number of nitro groups is 1. The minimum Gasteiger partial charge on any atom is -0.490 e. The van der Waals surface area contributed by atoms with Crippen LogP contribution in [0.25, 0.3) is 0 Å². The van der Waals surface area contributed by atoms with E-state index in [0.717, 1.165) is 17.5 Å². The summed E-state index contributed by atoms with van der Waals surface area (Å²) in [5, 5.41) is 15.0. The van der Waals surface area contributed by atoms with E-state index in [-0.39, 0.29) is 10.6 Å². The van der Waals surface area contributed by atoms with Crippen molar-refractivity contribution in [2.24, 2.45) is 5.14 Å². The van der Waals surface area contributed by atoms with Crippen LogP contribution in [0.3, 0.4) is 0 Å². The van der Waals surface area contributed by atoms with Gasteiger partial charge in [-0.1, -0.05) is 19.9 Å². The second-order valence-electron chi connectivity index (χ2n) is 3.50. The molecule has 1 aromatic carbocycles. The maximum Gasteiger partial charge on any atom is 0.314 e. The smallest absolute Gasteiger partial charge is 0.314 e. The number of benzene rings is 1. The molecule has 1 aromatic rings. The molecule has 0 radical (unpaired) electrons. The van der Waals surface area contributed by atoms with Crippen LogP contribution in [0, 0.1) is 10.1 Å². The van der Waals surface area contributed by atoms with E-state index in [9.17, 15) is 10.1 Å². The highest BCUT2D eigenvalue weighted by molar-refractivity contribution is 7.69. The van der Waals surface area contributed by atoms with E-state index in [1.807, 2.05) is 19.9 Å². The van der Waals surface area contributed by atoms with Gasteiger partial charge in [-0.25, -0.2) is 13.6 Å². The molecule has 0 spiro atoms. The van der Waals surface area contributed by atoms with Gasteiger partial charge >= 0.3 is 5.69 Å². The van der Waals surface area contributed by atoms with Gasteiger partial charge in [0.1, 0.15) is 0 Å². The Kier molecular flexibility index (Phi) is 7.69. The molecule has 0 amide bonds. The second kappa shape index (κ2) is 8.44. The summed E-state index contributed by atoms with van der Waals surface area (Å²) in [6, 6.07) is 3.56. The van der Waals surface area contributed by atoms with E-state index in [4.69, 9.17) is 13.2 Å². The summed E-state index contributed by atoms with van der Waals surface area (Å²) in [5.41, 5.74) is 1.91.